The van der Waals surface area contributed by atoms with Crippen LogP contribution in [0.15, 0.2) is 66.7 Å². The van der Waals surface area contributed by atoms with Crippen molar-refractivity contribution < 1.29 is 14.2 Å². The summed E-state index contributed by atoms with van der Waals surface area (Å²) in [6.45, 7) is 0. The molecule has 0 aliphatic heterocycles. The molecule has 0 bridgehead atoms. The van der Waals surface area contributed by atoms with Crippen LogP contribution in [0.5, 0.6) is 17.2 Å². The molecule has 146 valence electrons. The number of aryl methyl sites for hydroxylation is 2. The average molecular weight is 376 g/mol. The molecule has 0 saturated carbocycles. The summed E-state index contributed by atoms with van der Waals surface area (Å²) in [5.74, 6) is 2.19. The number of rotatable bonds is 9. The molecular weight excluding hydrogens is 348 g/mol. The standard InChI is InChI=1S/C25H28O3/c1-26-23-21(16-10-15-19-11-6-4-7-12-19)18-22(24(27-2)25(23)28-3)17-20-13-8-5-9-14-20/h4-9,11-14,18H,10,15-17H2,1-3H3. The van der Waals surface area contributed by atoms with Gasteiger partial charge in [-0.3, -0.25) is 0 Å². The lowest BCUT2D eigenvalue weighted by atomic mass is 9.96. The van der Waals surface area contributed by atoms with Gasteiger partial charge in [0.15, 0.2) is 11.5 Å². The second kappa shape index (κ2) is 9.84. The minimum Gasteiger partial charge on any atom is -0.492 e. The Morgan fingerprint density at radius 3 is 1.68 bits per heavy atom. The van der Waals surface area contributed by atoms with Crippen LogP contribution < -0.4 is 14.2 Å². The van der Waals surface area contributed by atoms with Crippen molar-refractivity contribution >= 4 is 0 Å². The molecule has 0 atom stereocenters. The Labute approximate surface area is 167 Å². The zero-order valence-corrected chi connectivity index (χ0v) is 16.9. The molecule has 0 amide bonds. The SMILES string of the molecule is COc1c(CCCc2ccccc2)cc(Cc2ccccc2)c(OC)c1OC. The molecule has 0 aliphatic carbocycles. The van der Waals surface area contributed by atoms with Crippen molar-refractivity contribution in [2.75, 3.05) is 21.3 Å². The highest BCUT2D eigenvalue weighted by molar-refractivity contribution is 5.60. The molecule has 0 unspecified atom stereocenters. The van der Waals surface area contributed by atoms with E-state index in [-0.39, 0.29) is 0 Å². The summed E-state index contributed by atoms with van der Waals surface area (Å²) in [5, 5.41) is 0. The summed E-state index contributed by atoms with van der Waals surface area (Å²) in [5.41, 5.74) is 4.86. The van der Waals surface area contributed by atoms with Gasteiger partial charge in [0.1, 0.15) is 0 Å². The molecule has 28 heavy (non-hydrogen) atoms. The molecule has 0 radical (unpaired) electrons. The minimum atomic E-state index is 0.674. The van der Waals surface area contributed by atoms with E-state index in [4.69, 9.17) is 14.2 Å². The highest BCUT2D eigenvalue weighted by Gasteiger charge is 2.20. The third kappa shape index (κ3) is 4.66. The monoisotopic (exact) mass is 376 g/mol. The highest BCUT2D eigenvalue weighted by Crippen LogP contribution is 2.44. The van der Waals surface area contributed by atoms with Crippen LogP contribution in [0.25, 0.3) is 0 Å². The predicted octanol–water partition coefficient (Wildman–Crippen LogP) is 5.48. The minimum absolute atomic E-state index is 0.674. The first-order valence-corrected chi connectivity index (χ1v) is 9.65. The van der Waals surface area contributed by atoms with Crippen LogP contribution in [0.1, 0.15) is 28.7 Å². The van der Waals surface area contributed by atoms with Crippen LogP contribution in [0.3, 0.4) is 0 Å². The molecular formula is C25H28O3. The van der Waals surface area contributed by atoms with Gasteiger partial charge in [0.25, 0.3) is 0 Å². The van der Waals surface area contributed by atoms with Gasteiger partial charge in [-0.05, 0) is 42.0 Å². The quantitative estimate of drug-likeness (QED) is 0.495. The van der Waals surface area contributed by atoms with Crippen LogP contribution in [-0.4, -0.2) is 21.3 Å². The fourth-order valence-corrected chi connectivity index (χ4v) is 3.63. The van der Waals surface area contributed by atoms with Crippen LogP contribution in [0.4, 0.5) is 0 Å². The molecule has 0 saturated heterocycles. The Morgan fingerprint density at radius 1 is 0.571 bits per heavy atom. The molecule has 0 N–H and O–H groups in total. The van der Waals surface area contributed by atoms with Crippen molar-refractivity contribution in [3.8, 4) is 17.2 Å². The Kier molecular flexibility index (Phi) is 6.96. The summed E-state index contributed by atoms with van der Waals surface area (Å²) in [6, 6.07) is 23.2. The highest BCUT2D eigenvalue weighted by atomic mass is 16.5. The van der Waals surface area contributed by atoms with Crippen molar-refractivity contribution in [3.05, 3.63) is 89.0 Å². The first-order chi connectivity index (χ1) is 13.8. The largest absolute Gasteiger partial charge is 0.492 e. The molecule has 3 rings (SSSR count). The Balaban J connectivity index is 1.89. The summed E-state index contributed by atoms with van der Waals surface area (Å²) < 4.78 is 17.1. The fraction of sp³-hybridized carbons (Fsp3) is 0.280. The van der Waals surface area contributed by atoms with E-state index in [0.717, 1.165) is 48.3 Å². The molecule has 3 aromatic rings. The van der Waals surface area contributed by atoms with Crippen LogP contribution in [0, 0.1) is 0 Å². The van der Waals surface area contributed by atoms with E-state index in [1.165, 1.54) is 11.1 Å². The van der Waals surface area contributed by atoms with Crippen molar-refractivity contribution in [3.63, 3.8) is 0 Å². The lowest BCUT2D eigenvalue weighted by molar-refractivity contribution is 0.320. The van der Waals surface area contributed by atoms with Crippen LogP contribution >= 0.6 is 0 Å². The molecule has 0 aromatic heterocycles. The molecule has 0 heterocycles. The number of benzene rings is 3. The molecule has 0 fully saturated rings. The second-order valence-corrected chi connectivity index (χ2v) is 6.80. The molecule has 3 heteroatoms. The Bertz CT molecular complexity index is 873. The van der Waals surface area contributed by atoms with Crippen LogP contribution in [0.2, 0.25) is 0 Å². The Hall–Kier alpha value is -2.94. The van der Waals surface area contributed by atoms with Gasteiger partial charge in [0.05, 0.1) is 21.3 Å². The lowest BCUT2D eigenvalue weighted by Crippen LogP contribution is -2.04. The van der Waals surface area contributed by atoms with E-state index < -0.39 is 0 Å². The van der Waals surface area contributed by atoms with E-state index >= 15 is 0 Å². The van der Waals surface area contributed by atoms with Gasteiger partial charge >= 0.3 is 0 Å². The zero-order valence-electron chi connectivity index (χ0n) is 16.9. The first kappa shape index (κ1) is 19.8. The van der Waals surface area contributed by atoms with Crippen molar-refractivity contribution in [2.45, 2.75) is 25.7 Å². The topological polar surface area (TPSA) is 27.7 Å². The van der Waals surface area contributed by atoms with Crippen LogP contribution in [-0.2, 0) is 19.3 Å². The van der Waals surface area contributed by atoms with Crippen molar-refractivity contribution in [1.82, 2.24) is 0 Å². The summed E-state index contributed by atoms with van der Waals surface area (Å²) in [4.78, 5) is 0. The van der Waals surface area contributed by atoms with Crippen molar-refractivity contribution in [1.29, 1.82) is 0 Å². The zero-order chi connectivity index (χ0) is 19.8. The summed E-state index contributed by atoms with van der Waals surface area (Å²) in [6.07, 6.45) is 3.78. The number of hydrogen-bond donors (Lipinski definition) is 0. The van der Waals surface area contributed by atoms with Gasteiger partial charge in [-0.25, -0.2) is 0 Å². The maximum absolute atomic E-state index is 5.71. The third-order valence-corrected chi connectivity index (χ3v) is 4.95. The maximum atomic E-state index is 5.71. The van der Waals surface area contributed by atoms with Gasteiger partial charge in [-0.2, -0.15) is 0 Å². The number of methoxy groups -OCH3 is 3. The second-order valence-electron chi connectivity index (χ2n) is 6.80. The normalized spacial score (nSPS) is 10.5. The van der Waals surface area contributed by atoms with E-state index in [1.807, 2.05) is 6.07 Å². The fourth-order valence-electron chi connectivity index (χ4n) is 3.63. The summed E-state index contributed by atoms with van der Waals surface area (Å²) in [7, 11) is 5.04. The Morgan fingerprint density at radius 2 is 1.11 bits per heavy atom. The maximum Gasteiger partial charge on any atom is 0.203 e. The first-order valence-electron chi connectivity index (χ1n) is 9.65. The predicted molar refractivity (Wildman–Crippen MR) is 114 cm³/mol. The van der Waals surface area contributed by atoms with Gasteiger partial charge in [0, 0.05) is 12.0 Å². The van der Waals surface area contributed by atoms with E-state index in [2.05, 4.69) is 60.7 Å². The van der Waals surface area contributed by atoms with Gasteiger partial charge < -0.3 is 14.2 Å². The molecule has 3 nitrogen and oxygen atoms in total. The van der Waals surface area contributed by atoms with E-state index in [0.29, 0.717) is 5.75 Å². The van der Waals surface area contributed by atoms with Gasteiger partial charge in [-0.15, -0.1) is 0 Å². The number of hydrogen-bond acceptors (Lipinski definition) is 3. The molecule has 0 aliphatic rings. The molecule has 3 aromatic carbocycles. The van der Waals surface area contributed by atoms with E-state index in [9.17, 15) is 0 Å². The smallest absolute Gasteiger partial charge is 0.203 e. The molecule has 0 spiro atoms. The van der Waals surface area contributed by atoms with Crippen molar-refractivity contribution in [2.24, 2.45) is 0 Å². The summed E-state index contributed by atoms with van der Waals surface area (Å²) >= 11 is 0. The average Bonchev–Trinajstić information content (AvgIpc) is 2.74. The van der Waals surface area contributed by atoms with Gasteiger partial charge in [-0.1, -0.05) is 60.7 Å². The van der Waals surface area contributed by atoms with Gasteiger partial charge in [0.2, 0.25) is 5.75 Å². The number of ether oxygens (including phenoxy) is 3. The lowest BCUT2D eigenvalue weighted by Gasteiger charge is -2.19. The van der Waals surface area contributed by atoms with E-state index in [1.54, 1.807) is 21.3 Å². The third-order valence-electron chi connectivity index (χ3n) is 4.95.